The van der Waals surface area contributed by atoms with Crippen LogP contribution in [0.15, 0.2) is 40.8 Å². The lowest BCUT2D eigenvalue weighted by Gasteiger charge is -2.40. The van der Waals surface area contributed by atoms with E-state index in [2.05, 4.69) is 25.9 Å². The van der Waals surface area contributed by atoms with Crippen LogP contribution in [0, 0.1) is 13.8 Å². The van der Waals surface area contributed by atoms with Crippen LogP contribution in [-0.2, 0) is 10.0 Å². The van der Waals surface area contributed by atoms with Crippen molar-refractivity contribution >= 4 is 33.7 Å². The fraction of sp³-hybridized carbons (Fsp3) is 0.381. The van der Waals surface area contributed by atoms with Crippen LogP contribution in [0.4, 0.5) is 5.82 Å². The average Bonchev–Trinajstić information content (AvgIpc) is 2.72. The first-order valence-corrected chi connectivity index (χ1v) is 12.1. The molecular weight excluding hydrogens is 436 g/mol. The molecule has 0 saturated heterocycles. The highest BCUT2D eigenvalue weighted by atomic mass is 35.5. The van der Waals surface area contributed by atoms with Gasteiger partial charge in [0.05, 0.1) is 17.0 Å². The molecule has 31 heavy (non-hydrogen) atoms. The molecule has 0 saturated carbocycles. The van der Waals surface area contributed by atoms with Crippen LogP contribution in [0.25, 0.3) is 11.3 Å². The van der Waals surface area contributed by atoms with E-state index in [0.717, 1.165) is 39.5 Å². The van der Waals surface area contributed by atoms with Crippen molar-refractivity contribution in [3.63, 3.8) is 0 Å². The Hall–Kier alpha value is -2.49. The molecule has 164 valence electrons. The summed E-state index contributed by atoms with van der Waals surface area (Å²) in [5.74, 6) is 0.801. The van der Waals surface area contributed by atoms with Crippen molar-refractivity contribution in [3.05, 3.63) is 51.9 Å². The zero-order valence-corrected chi connectivity index (χ0v) is 19.6. The summed E-state index contributed by atoms with van der Waals surface area (Å²) in [4.78, 5) is 15.6. The van der Waals surface area contributed by atoms with Crippen molar-refractivity contribution in [1.82, 2.24) is 19.4 Å². The third-order valence-corrected chi connectivity index (χ3v) is 7.04. The summed E-state index contributed by atoms with van der Waals surface area (Å²) in [6.07, 6.45) is 7.21. The number of aliphatic imine (C=N–C) groups is 1. The van der Waals surface area contributed by atoms with Gasteiger partial charge >= 0.3 is 0 Å². The summed E-state index contributed by atoms with van der Waals surface area (Å²) in [5, 5.41) is 2.28. The summed E-state index contributed by atoms with van der Waals surface area (Å²) >= 11 is 6.47. The molecule has 0 N–H and O–H groups in total. The van der Waals surface area contributed by atoms with Gasteiger partial charge in [-0.05, 0) is 31.0 Å². The van der Waals surface area contributed by atoms with Gasteiger partial charge in [0.25, 0.3) is 0 Å². The Morgan fingerprint density at radius 1 is 1.16 bits per heavy atom. The number of hydrazine groups is 1. The number of halogens is 1. The second kappa shape index (κ2) is 8.22. The van der Waals surface area contributed by atoms with Crippen LogP contribution in [0.3, 0.4) is 0 Å². The number of aromatic nitrogens is 2. The van der Waals surface area contributed by atoms with Gasteiger partial charge in [-0.25, -0.2) is 13.4 Å². The molecule has 4 rings (SSSR count). The Morgan fingerprint density at radius 3 is 2.65 bits per heavy atom. The topological polar surface area (TPSA) is 82.0 Å². The van der Waals surface area contributed by atoms with Crippen LogP contribution in [0.1, 0.15) is 17.5 Å². The first kappa shape index (κ1) is 21.7. The van der Waals surface area contributed by atoms with Crippen molar-refractivity contribution in [3.8, 4) is 11.3 Å². The maximum atomic E-state index is 12.0. The Kier molecular flexibility index (Phi) is 5.76. The summed E-state index contributed by atoms with van der Waals surface area (Å²) < 4.78 is 25.3. The van der Waals surface area contributed by atoms with Gasteiger partial charge in [-0.15, -0.1) is 4.41 Å². The van der Waals surface area contributed by atoms with Crippen molar-refractivity contribution in [2.24, 2.45) is 4.99 Å². The van der Waals surface area contributed by atoms with Crippen molar-refractivity contribution in [2.45, 2.75) is 20.3 Å². The molecule has 0 spiro atoms. The minimum atomic E-state index is -3.36. The monoisotopic (exact) mass is 460 g/mol. The Bertz CT molecular complexity index is 1190. The molecule has 0 radical (unpaired) electrons. The molecule has 0 amide bonds. The van der Waals surface area contributed by atoms with E-state index >= 15 is 0 Å². The standard InChI is InChI=1S/C21H25ClN6O2S/c1-14-7-15(2)21(25-9-14)17-8-20(24-11-18(17)22)27-6-5-19-16(12-27)10-23-13-28(19)26(3)31(4,29)30/h7-11H,5-6,12-13H2,1-4H3. The molecule has 4 heterocycles. The number of anilines is 1. The third-order valence-electron chi connectivity index (χ3n) is 5.58. The maximum absolute atomic E-state index is 12.0. The second-order valence-electron chi connectivity index (χ2n) is 7.89. The van der Waals surface area contributed by atoms with E-state index in [0.29, 0.717) is 31.2 Å². The first-order chi connectivity index (χ1) is 14.6. The minimum Gasteiger partial charge on any atom is -0.352 e. The van der Waals surface area contributed by atoms with E-state index in [1.54, 1.807) is 18.3 Å². The molecule has 0 bridgehead atoms. The van der Waals surface area contributed by atoms with Crippen molar-refractivity contribution in [1.29, 1.82) is 0 Å². The van der Waals surface area contributed by atoms with Crippen molar-refractivity contribution in [2.75, 3.05) is 38.0 Å². The molecule has 0 atom stereocenters. The number of nitrogens with zero attached hydrogens (tertiary/aromatic N) is 6. The summed E-state index contributed by atoms with van der Waals surface area (Å²) in [6.45, 7) is 5.62. The zero-order chi connectivity index (χ0) is 22.3. The number of pyridine rings is 2. The molecule has 8 nitrogen and oxygen atoms in total. The maximum Gasteiger partial charge on any atom is 0.227 e. The summed E-state index contributed by atoms with van der Waals surface area (Å²) in [6, 6.07) is 4.06. The fourth-order valence-electron chi connectivity index (χ4n) is 3.91. The molecular formula is C21H25ClN6O2S. The van der Waals surface area contributed by atoms with Crippen LogP contribution < -0.4 is 4.90 Å². The number of aryl methyl sites for hydroxylation is 2. The van der Waals surface area contributed by atoms with E-state index in [4.69, 9.17) is 11.6 Å². The number of sulfonamides is 1. The Morgan fingerprint density at radius 2 is 1.94 bits per heavy atom. The van der Waals surface area contributed by atoms with Crippen LogP contribution in [-0.4, -0.2) is 67.1 Å². The predicted molar refractivity (Wildman–Crippen MR) is 124 cm³/mol. The predicted octanol–water partition coefficient (Wildman–Crippen LogP) is 3.03. The lowest BCUT2D eigenvalue weighted by atomic mass is 10.0. The molecule has 2 aromatic rings. The first-order valence-electron chi connectivity index (χ1n) is 9.92. The lowest BCUT2D eigenvalue weighted by Crippen LogP contribution is -2.47. The SMILES string of the molecule is Cc1cnc(-c2cc(N3CCC4=C(C=NCN4N(C)S(C)(=O)=O)C3)ncc2Cl)c(C)c1. The van der Waals surface area contributed by atoms with Gasteiger partial charge in [0.2, 0.25) is 10.0 Å². The van der Waals surface area contributed by atoms with E-state index in [9.17, 15) is 8.42 Å². The molecule has 0 unspecified atom stereocenters. The molecule has 2 aliphatic rings. The van der Waals surface area contributed by atoms with Crippen molar-refractivity contribution < 1.29 is 8.42 Å². The van der Waals surface area contributed by atoms with Gasteiger partial charge in [-0.3, -0.25) is 15.0 Å². The van der Waals surface area contributed by atoms with Gasteiger partial charge in [-0.2, -0.15) is 0 Å². The molecule has 0 fully saturated rings. The van der Waals surface area contributed by atoms with Crippen LogP contribution >= 0.6 is 11.6 Å². The van der Waals surface area contributed by atoms with E-state index < -0.39 is 10.0 Å². The highest BCUT2D eigenvalue weighted by Gasteiger charge is 2.30. The zero-order valence-electron chi connectivity index (χ0n) is 18.0. The van der Waals surface area contributed by atoms with E-state index in [-0.39, 0.29) is 0 Å². The Balaban J connectivity index is 1.64. The van der Waals surface area contributed by atoms with Gasteiger partial charge in [0, 0.05) is 62.0 Å². The highest BCUT2D eigenvalue weighted by Crippen LogP contribution is 2.33. The molecule has 0 aromatic carbocycles. The van der Waals surface area contributed by atoms with Gasteiger partial charge in [0.1, 0.15) is 12.5 Å². The molecule has 0 aliphatic carbocycles. The third kappa shape index (κ3) is 4.30. The minimum absolute atomic E-state index is 0.296. The van der Waals surface area contributed by atoms with Crippen LogP contribution in [0.5, 0.6) is 0 Å². The molecule has 2 aromatic heterocycles. The smallest absolute Gasteiger partial charge is 0.227 e. The number of hydrogen-bond acceptors (Lipinski definition) is 7. The lowest BCUT2D eigenvalue weighted by molar-refractivity contribution is 0.125. The van der Waals surface area contributed by atoms with Gasteiger partial charge in [0.15, 0.2) is 0 Å². The van der Waals surface area contributed by atoms with E-state index in [1.165, 1.54) is 10.7 Å². The average molecular weight is 461 g/mol. The Labute approximate surface area is 187 Å². The highest BCUT2D eigenvalue weighted by molar-refractivity contribution is 7.88. The quantitative estimate of drug-likeness (QED) is 0.697. The molecule has 2 aliphatic heterocycles. The normalized spacial score (nSPS) is 16.8. The number of hydrogen-bond donors (Lipinski definition) is 0. The fourth-order valence-corrected chi connectivity index (χ4v) is 4.62. The van der Waals surface area contributed by atoms with Crippen LogP contribution in [0.2, 0.25) is 5.02 Å². The van der Waals surface area contributed by atoms with Gasteiger partial charge < -0.3 is 4.90 Å². The molecule has 10 heteroatoms. The summed E-state index contributed by atoms with van der Waals surface area (Å²) in [5.41, 5.74) is 5.81. The largest absolute Gasteiger partial charge is 0.352 e. The van der Waals surface area contributed by atoms with Gasteiger partial charge in [-0.1, -0.05) is 17.7 Å². The van der Waals surface area contributed by atoms with E-state index in [1.807, 2.05) is 32.3 Å². The second-order valence-corrected chi connectivity index (χ2v) is 10.3. The number of rotatable bonds is 4. The summed E-state index contributed by atoms with van der Waals surface area (Å²) in [7, 11) is -1.81.